The summed E-state index contributed by atoms with van der Waals surface area (Å²) in [7, 11) is 0. The number of nitrogens with one attached hydrogen (secondary N) is 1. The van der Waals surface area contributed by atoms with Gasteiger partial charge in [0.1, 0.15) is 0 Å². The van der Waals surface area contributed by atoms with Crippen LogP contribution >= 0.6 is 0 Å². The molecule has 0 bridgehead atoms. The number of rotatable bonds is 7. The highest BCUT2D eigenvalue weighted by Gasteiger charge is 2.17. The zero-order chi connectivity index (χ0) is 14.3. The van der Waals surface area contributed by atoms with E-state index < -0.39 is 0 Å². The summed E-state index contributed by atoms with van der Waals surface area (Å²) >= 11 is 0. The fraction of sp³-hybridized carbons (Fsp3) is 0.647. The topological polar surface area (TPSA) is 21.3 Å². The maximum atomic E-state index is 5.87. The second kappa shape index (κ2) is 7.66. The van der Waals surface area contributed by atoms with Crippen molar-refractivity contribution >= 4 is 0 Å². The lowest BCUT2D eigenvalue weighted by Crippen LogP contribution is -2.41. The van der Waals surface area contributed by atoms with Crippen molar-refractivity contribution in [2.75, 3.05) is 13.2 Å². The van der Waals surface area contributed by atoms with Crippen LogP contribution in [0.2, 0.25) is 0 Å². The molecule has 2 heteroatoms. The second-order valence-corrected chi connectivity index (χ2v) is 6.64. The molecule has 0 aliphatic rings. The Kier molecular flexibility index (Phi) is 6.53. The average molecular weight is 263 g/mol. The third kappa shape index (κ3) is 7.34. The Labute approximate surface area is 118 Å². The van der Waals surface area contributed by atoms with Crippen LogP contribution in [0.1, 0.15) is 40.2 Å². The van der Waals surface area contributed by atoms with Gasteiger partial charge < -0.3 is 10.1 Å². The molecule has 1 aromatic rings. The van der Waals surface area contributed by atoms with Gasteiger partial charge in [0, 0.05) is 12.1 Å². The van der Waals surface area contributed by atoms with Crippen molar-refractivity contribution in [3.05, 3.63) is 35.9 Å². The highest BCUT2D eigenvalue weighted by Crippen LogP contribution is 2.13. The number of benzene rings is 1. The Hall–Kier alpha value is -0.860. The summed E-state index contributed by atoms with van der Waals surface area (Å²) in [5.74, 6) is 1.19. The molecule has 0 saturated carbocycles. The maximum Gasteiger partial charge on any atom is 0.0717 e. The largest absolute Gasteiger partial charge is 0.376 e. The summed E-state index contributed by atoms with van der Waals surface area (Å²) < 4.78 is 5.87. The fourth-order valence-electron chi connectivity index (χ4n) is 1.83. The van der Waals surface area contributed by atoms with Crippen molar-refractivity contribution in [3.8, 4) is 0 Å². The first-order valence-electron chi connectivity index (χ1n) is 7.25. The molecule has 0 radical (unpaired) electrons. The van der Waals surface area contributed by atoms with E-state index in [0.717, 1.165) is 13.2 Å². The van der Waals surface area contributed by atoms with Crippen molar-refractivity contribution < 1.29 is 4.74 Å². The Bertz CT molecular complexity index is 340. The highest BCUT2D eigenvalue weighted by atomic mass is 16.5. The Balaban J connectivity index is 2.34. The van der Waals surface area contributed by atoms with Gasteiger partial charge in [0.05, 0.1) is 13.2 Å². The average Bonchev–Trinajstić information content (AvgIpc) is 2.33. The van der Waals surface area contributed by atoms with Crippen LogP contribution in [0.4, 0.5) is 0 Å². The van der Waals surface area contributed by atoms with Gasteiger partial charge in [-0.05, 0) is 38.2 Å². The first-order valence-corrected chi connectivity index (χ1v) is 7.25. The molecule has 1 rings (SSSR count). The molecule has 1 unspecified atom stereocenters. The third-order valence-electron chi connectivity index (χ3n) is 3.28. The van der Waals surface area contributed by atoms with Crippen LogP contribution in [0.15, 0.2) is 30.3 Å². The summed E-state index contributed by atoms with van der Waals surface area (Å²) in [6.45, 7) is 13.7. The smallest absolute Gasteiger partial charge is 0.0717 e. The molecule has 19 heavy (non-hydrogen) atoms. The molecule has 108 valence electrons. The summed E-state index contributed by atoms with van der Waals surface area (Å²) in [5.41, 5.74) is 1.42. The van der Waals surface area contributed by atoms with E-state index in [1.165, 1.54) is 5.56 Å². The Morgan fingerprint density at radius 3 is 2.26 bits per heavy atom. The van der Waals surface area contributed by atoms with Gasteiger partial charge in [0.25, 0.3) is 0 Å². The van der Waals surface area contributed by atoms with Crippen LogP contribution < -0.4 is 5.32 Å². The molecule has 0 aromatic heterocycles. The van der Waals surface area contributed by atoms with Crippen LogP contribution in [0.25, 0.3) is 0 Å². The SMILES string of the molecule is CC(C)C(CNC(C)(C)C)COCc1ccccc1. The van der Waals surface area contributed by atoms with Crippen molar-refractivity contribution in [1.29, 1.82) is 0 Å². The fourth-order valence-corrected chi connectivity index (χ4v) is 1.83. The molecule has 0 saturated heterocycles. The summed E-state index contributed by atoms with van der Waals surface area (Å²) in [6.07, 6.45) is 0. The van der Waals surface area contributed by atoms with E-state index in [0.29, 0.717) is 18.4 Å². The highest BCUT2D eigenvalue weighted by molar-refractivity contribution is 5.13. The van der Waals surface area contributed by atoms with Crippen LogP contribution in [0, 0.1) is 11.8 Å². The minimum atomic E-state index is 0.173. The van der Waals surface area contributed by atoms with Gasteiger partial charge in [0.15, 0.2) is 0 Å². The number of ether oxygens (including phenoxy) is 1. The molecule has 2 nitrogen and oxygen atoms in total. The zero-order valence-corrected chi connectivity index (χ0v) is 13.1. The van der Waals surface area contributed by atoms with Crippen LogP contribution in [-0.2, 0) is 11.3 Å². The first-order chi connectivity index (χ1) is 8.88. The molecular weight excluding hydrogens is 234 g/mol. The molecule has 1 atom stereocenters. The van der Waals surface area contributed by atoms with Crippen molar-refractivity contribution in [3.63, 3.8) is 0 Å². The molecule has 0 spiro atoms. The van der Waals surface area contributed by atoms with Crippen molar-refractivity contribution in [1.82, 2.24) is 5.32 Å². The lowest BCUT2D eigenvalue weighted by atomic mass is 9.95. The molecule has 0 aliphatic heterocycles. The van der Waals surface area contributed by atoms with Gasteiger partial charge >= 0.3 is 0 Å². The second-order valence-electron chi connectivity index (χ2n) is 6.64. The van der Waals surface area contributed by atoms with E-state index in [9.17, 15) is 0 Å². The van der Waals surface area contributed by atoms with E-state index >= 15 is 0 Å². The van der Waals surface area contributed by atoms with Gasteiger partial charge in [-0.3, -0.25) is 0 Å². The Morgan fingerprint density at radius 1 is 1.11 bits per heavy atom. The van der Waals surface area contributed by atoms with E-state index in [4.69, 9.17) is 4.74 Å². The van der Waals surface area contributed by atoms with Crippen molar-refractivity contribution in [2.24, 2.45) is 11.8 Å². The standard InChI is InChI=1S/C17H29NO/c1-14(2)16(11-18-17(3,4)5)13-19-12-15-9-7-6-8-10-15/h6-10,14,16,18H,11-13H2,1-5H3. The maximum absolute atomic E-state index is 5.87. The van der Waals surface area contributed by atoms with Crippen LogP contribution in [-0.4, -0.2) is 18.7 Å². The van der Waals surface area contributed by atoms with Gasteiger partial charge in [-0.15, -0.1) is 0 Å². The summed E-state index contributed by atoms with van der Waals surface area (Å²) in [6, 6.07) is 10.4. The number of hydrogen-bond donors (Lipinski definition) is 1. The first kappa shape index (κ1) is 16.2. The normalized spacial score (nSPS) is 13.8. The minimum absolute atomic E-state index is 0.173. The minimum Gasteiger partial charge on any atom is -0.376 e. The van der Waals surface area contributed by atoms with Gasteiger partial charge in [-0.25, -0.2) is 0 Å². The molecule has 1 N–H and O–H groups in total. The number of hydrogen-bond acceptors (Lipinski definition) is 2. The van der Waals surface area contributed by atoms with Crippen LogP contribution in [0.3, 0.4) is 0 Å². The lowest BCUT2D eigenvalue weighted by Gasteiger charge is -2.27. The molecule has 0 heterocycles. The van der Waals surface area contributed by atoms with Gasteiger partial charge in [-0.1, -0.05) is 44.2 Å². The zero-order valence-electron chi connectivity index (χ0n) is 13.1. The van der Waals surface area contributed by atoms with E-state index in [1.54, 1.807) is 0 Å². The molecule has 0 amide bonds. The predicted molar refractivity (Wildman–Crippen MR) is 82.2 cm³/mol. The van der Waals surface area contributed by atoms with Gasteiger partial charge in [0.2, 0.25) is 0 Å². The van der Waals surface area contributed by atoms with E-state index in [-0.39, 0.29) is 5.54 Å². The summed E-state index contributed by atoms with van der Waals surface area (Å²) in [4.78, 5) is 0. The predicted octanol–water partition coefficient (Wildman–Crippen LogP) is 3.86. The quantitative estimate of drug-likeness (QED) is 0.806. The molecular formula is C17H29NO. The lowest BCUT2D eigenvalue weighted by molar-refractivity contribution is 0.0688. The monoisotopic (exact) mass is 263 g/mol. The summed E-state index contributed by atoms with van der Waals surface area (Å²) in [5, 5.41) is 3.57. The van der Waals surface area contributed by atoms with E-state index in [1.807, 2.05) is 6.07 Å². The molecule has 0 fully saturated rings. The molecule has 0 aliphatic carbocycles. The van der Waals surface area contributed by atoms with Crippen LogP contribution in [0.5, 0.6) is 0 Å². The Morgan fingerprint density at radius 2 is 1.74 bits per heavy atom. The van der Waals surface area contributed by atoms with Crippen molar-refractivity contribution in [2.45, 2.75) is 46.8 Å². The molecule has 1 aromatic carbocycles. The third-order valence-corrected chi connectivity index (χ3v) is 3.28. The van der Waals surface area contributed by atoms with Gasteiger partial charge in [-0.2, -0.15) is 0 Å². The van der Waals surface area contributed by atoms with E-state index in [2.05, 4.69) is 64.2 Å².